The number of urea groups is 1. The Labute approximate surface area is 161 Å². The van der Waals surface area contributed by atoms with Gasteiger partial charge in [0.15, 0.2) is 0 Å². The molecule has 2 aromatic rings. The van der Waals surface area contributed by atoms with Gasteiger partial charge in [-0.25, -0.2) is 4.79 Å². The van der Waals surface area contributed by atoms with E-state index in [0.717, 1.165) is 44.1 Å². The normalized spacial score (nSPS) is 16.3. The lowest BCUT2D eigenvalue weighted by atomic mass is 10.0. The first kappa shape index (κ1) is 19.5. The summed E-state index contributed by atoms with van der Waals surface area (Å²) in [6.07, 6.45) is 5.03. The summed E-state index contributed by atoms with van der Waals surface area (Å²) in [4.78, 5) is 14.8. The number of nitrogens with one attached hydrogen (secondary N) is 2. The van der Waals surface area contributed by atoms with Crippen LogP contribution in [-0.2, 0) is 4.74 Å². The van der Waals surface area contributed by atoms with Crippen LogP contribution < -0.4 is 10.6 Å². The molecule has 146 valence electrons. The molecule has 1 aliphatic rings. The van der Waals surface area contributed by atoms with Crippen molar-refractivity contribution >= 4 is 11.7 Å². The van der Waals surface area contributed by atoms with Crippen LogP contribution in [0.5, 0.6) is 0 Å². The van der Waals surface area contributed by atoms with Crippen LogP contribution in [0.2, 0.25) is 0 Å². The van der Waals surface area contributed by atoms with Gasteiger partial charge in [-0.3, -0.25) is 4.90 Å². The molecule has 1 aromatic heterocycles. The van der Waals surface area contributed by atoms with E-state index in [1.807, 2.05) is 53.4 Å². The summed E-state index contributed by atoms with van der Waals surface area (Å²) in [5.74, 6) is 0.584. The fourth-order valence-electron chi connectivity index (χ4n) is 3.48. The van der Waals surface area contributed by atoms with Crippen LogP contribution in [0.1, 0.15) is 20.3 Å². The third-order valence-electron chi connectivity index (χ3n) is 4.81. The Kier molecular flexibility index (Phi) is 6.90. The van der Waals surface area contributed by atoms with Crippen molar-refractivity contribution in [3.63, 3.8) is 0 Å². The number of rotatable bonds is 7. The maximum Gasteiger partial charge on any atom is 0.319 e. The first-order chi connectivity index (χ1) is 13.1. The van der Waals surface area contributed by atoms with Crippen molar-refractivity contribution in [3.05, 3.63) is 48.8 Å². The first-order valence-corrected chi connectivity index (χ1v) is 9.72. The minimum atomic E-state index is -0.165. The van der Waals surface area contributed by atoms with Crippen LogP contribution in [0.25, 0.3) is 5.69 Å². The second-order valence-corrected chi connectivity index (χ2v) is 7.41. The Hall–Kier alpha value is -2.31. The van der Waals surface area contributed by atoms with E-state index in [1.165, 1.54) is 0 Å². The zero-order chi connectivity index (χ0) is 19.1. The molecule has 2 N–H and O–H groups in total. The molecule has 3 rings (SSSR count). The molecule has 1 saturated heterocycles. The van der Waals surface area contributed by atoms with Crippen molar-refractivity contribution in [3.8, 4) is 5.69 Å². The molecule has 0 radical (unpaired) electrons. The second kappa shape index (κ2) is 9.58. The van der Waals surface area contributed by atoms with E-state index >= 15 is 0 Å². The van der Waals surface area contributed by atoms with Crippen LogP contribution in [0, 0.1) is 5.92 Å². The summed E-state index contributed by atoms with van der Waals surface area (Å²) < 4.78 is 7.47. The fourth-order valence-corrected chi connectivity index (χ4v) is 3.48. The van der Waals surface area contributed by atoms with Crippen molar-refractivity contribution in [2.75, 3.05) is 38.2 Å². The lowest BCUT2D eigenvalue weighted by Gasteiger charge is -2.35. The average Bonchev–Trinajstić information content (AvgIpc) is 3.21. The number of aromatic nitrogens is 1. The highest BCUT2D eigenvalue weighted by Crippen LogP contribution is 2.15. The summed E-state index contributed by atoms with van der Waals surface area (Å²) in [5.41, 5.74) is 1.80. The SMILES string of the molecule is CC(C)CC(CNC(=O)Nc1cccc(-n2cccc2)c1)N1CCOCC1. The van der Waals surface area contributed by atoms with E-state index < -0.39 is 0 Å². The van der Waals surface area contributed by atoms with Gasteiger partial charge in [-0.2, -0.15) is 0 Å². The van der Waals surface area contributed by atoms with Gasteiger partial charge in [0.25, 0.3) is 0 Å². The molecule has 0 bridgehead atoms. The van der Waals surface area contributed by atoms with Crippen molar-refractivity contribution < 1.29 is 9.53 Å². The first-order valence-electron chi connectivity index (χ1n) is 9.72. The Morgan fingerprint density at radius 3 is 2.59 bits per heavy atom. The lowest BCUT2D eigenvalue weighted by Crippen LogP contribution is -2.49. The number of benzene rings is 1. The maximum absolute atomic E-state index is 12.4. The van der Waals surface area contributed by atoms with Crippen molar-refractivity contribution in [2.45, 2.75) is 26.3 Å². The summed E-state index contributed by atoms with van der Waals surface area (Å²) >= 11 is 0. The Morgan fingerprint density at radius 2 is 1.89 bits per heavy atom. The molecule has 1 atom stereocenters. The van der Waals surface area contributed by atoms with Gasteiger partial charge in [0.1, 0.15) is 0 Å². The highest BCUT2D eigenvalue weighted by atomic mass is 16.5. The molecule has 0 spiro atoms. The molecule has 1 aliphatic heterocycles. The van der Waals surface area contributed by atoms with Crippen LogP contribution in [0.15, 0.2) is 48.8 Å². The predicted octanol–water partition coefficient (Wildman–Crippen LogP) is 3.35. The predicted molar refractivity (Wildman–Crippen MR) is 108 cm³/mol. The molecule has 1 fully saturated rings. The largest absolute Gasteiger partial charge is 0.379 e. The van der Waals surface area contributed by atoms with Crippen molar-refractivity contribution in [1.82, 2.24) is 14.8 Å². The Balaban J connectivity index is 1.55. The molecular formula is C21H30N4O2. The molecule has 6 nitrogen and oxygen atoms in total. The van der Waals surface area contributed by atoms with Crippen molar-refractivity contribution in [1.29, 1.82) is 0 Å². The Morgan fingerprint density at radius 1 is 1.15 bits per heavy atom. The van der Waals surface area contributed by atoms with Crippen LogP contribution >= 0.6 is 0 Å². The van der Waals surface area contributed by atoms with Gasteiger partial charge in [-0.1, -0.05) is 19.9 Å². The molecule has 1 aromatic carbocycles. The molecular weight excluding hydrogens is 340 g/mol. The molecule has 0 aliphatic carbocycles. The monoisotopic (exact) mass is 370 g/mol. The third-order valence-corrected chi connectivity index (χ3v) is 4.81. The minimum absolute atomic E-state index is 0.165. The van der Waals surface area contributed by atoms with Gasteiger partial charge < -0.3 is 19.9 Å². The highest BCUT2D eigenvalue weighted by molar-refractivity contribution is 5.89. The van der Waals surface area contributed by atoms with Crippen LogP contribution in [0.3, 0.4) is 0 Å². The molecule has 27 heavy (non-hydrogen) atoms. The number of hydrogen-bond acceptors (Lipinski definition) is 3. The maximum atomic E-state index is 12.4. The second-order valence-electron chi connectivity index (χ2n) is 7.41. The molecule has 6 heteroatoms. The minimum Gasteiger partial charge on any atom is -0.379 e. The fraction of sp³-hybridized carbons (Fsp3) is 0.476. The van der Waals surface area contributed by atoms with E-state index in [4.69, 9.17) is 4.74 Å². The van der Waals surface area contributed by atoms with E-state index in [0.29, 0.717) is 18.5 Å². The number of amides is 2. The highest BCUT2D eigenvalue weighted by Gasteiger charge is 2.22. The summed E-state index contributed by atoms with van der Waals surface area (Å²) in [7, 11) is 0. The van der Waals surface area contributed by atoms with E-state index in [9.17, 15) is 4.79 Å². The van der Waals surface area contributed by atoms with Gasteiger partial charge >= 0.3 is 6.03 Å². The van der Waals surface area contributed by atoms with E-state index in [1.54, 1.807) is 0 Å². The van der Waals surface area contributed by atoms with E-state index in [2.05, 4.69) is 29.4 Å². The quantitative estimate of drug-likeness (QED) is 0.786. The molecule has 2 amide bonds. The third kappa shape index (κ3) is 5.84. The van der Waals surface area contributed by atoms with Crippen LogP contribution in [-0.4, -0.2) is 54.4 Å². The standard InChI is InChI=1S/C21H30N4O2/c1-17(2)14-20(25-10-12-27-13-11-25)16-22-21(26)23-18-6-5-7-19(15-18)24-8-3-4-9-24/h3-9,15,17,20H,10-14,16H2,1-2H3,(H2,22,23,26). The lowest BCUT2D eigenvalue weighted by molar-refractivity contribution is 0.0130. The number of carbonyl (C=O) groups excluding carboxylic acids is 1. The zero-order valence-electron chi connectivity index (χ0n) is 16.2. The van der Waals surface area contributed by atoms with Crippen LogP contribution in [0.4, 0.5) is 10.5 Å². The van der Waals surface area contributed by atoms with Crippen molar-refractivity contribution in [2.24, 2.45) is 5.92 Å². The number of anilines is 1. The van der Waals surface area contributed by atoms with Gasteiger partial charge in [-0.05, 0) is 42.7 Å². The summed E-state index contributed by atoms with van der Waals surface area (Å²) in [6, 6.07) is 12.0. The van der Waals surface area contributed by atoms with Gasteiger partial charge in [0.2, 0.25) is 0 Å². The smallest absolute Gasteiger partial charge is 0.319 e. The number of nitrogens with zero attached hydrogens (tertiary/aromatic N) is 2. The number of carbonyl (C=O) groups is 1. The summed E-state index contributed by atoms with van der Waals surface area (Å²) in [5, 5.41) is 6.00. The zero-order valence-corrected chi connectivity index (χ0v) is 16.2. The number of morpholine rings is 1. The van der Waals surface area contributed by atoms with Gasteiger partial charge in [-0.15, -0.1) is 0 Å². The van der Waals surface area contributed by atoms with Gasteiger partial charge in [0.05, 0.1) is 13.2 Å². The molecule has 1 unspecified atom stereocenters. The van der Waals surface area contributed by atoms with E-state index in [-0.39, 0.29) is 6.03 Å². The average molecular weight is 370 g/mol. The van der Waals surface area contributed by atoms with Gasteiger partial charge in [0, 0.05) is 49.4 Å². The summed E-state index contributed by atoms with van der Waals surface area (Å²) in [6.45, 7) is 8.49. The molecule has 0 saturated carbocycles. The number of hydrogen-bond donors (Lipinski definition) is 2. The topological polar surface area (TPSA) is 58.5 Å². The molecule has 2 heterocycles. The number of ether oxygens (including phenoxy) is 1. The Bertz CT molecular complexity index is 709.